The third kappa shape index (κ3) is 6.81. The van der Waals surface area contributed by atoms with E-state index in [0.717, 1.165) is 33.7 Å². The van der Waals surface area contributed by atoms with Crippen molar-refractivity contribution in [2.24, 2.45) is 0 Å². The number of pyridine rings is 1. The summed E-state index contributed by atoms with van der Waals surface area (Å²) in [6, 6.07) is 36.9. The van der Waals surface area contributed by atoms with Crippen LogP contribution in [0, 0.1) is 32.7 Å². The van der Waals surface area contributed by atoms with E-state index in [1.807, 2.05) is 60.7 Å². The number of aromatic nitrogens is 2. The van der Waals surface area contributed by atoms with E-state index in [0.29, 0.717) is 39.3 Å². The van der Waals surface area contributed by atoms with E-state index in [-0.39, 0.29) is 54.1 Å². The van der Waals surface area contributed by atoms with Crippen molar-refractivity contribution in [3.05, 3.63) is 173 Å². The Morgan fingerprint density at radius 2 is 1.59 bits per heavy atom. The van der Waals surface area contributed by atoms with Crippen LogP contribution in [0.2, 0.25) is 0 Å². The molecule has 0 radical (unpaired) electrons. The second kappa shape index (κ2) is 14.4. The minimum absolute atomic E-state index is 0. The third-order valence-corrected chi connectivity index (χ3v) is 8.34. The van der Waals surface area contributed by atoms with Gasteiger partial charge in [-0.15, -0.1) is 18.2 Å². The number of oxazole rings is 1. The molecule has 6 heteroatoms. The van der Waals surface area contributed by atoms with Gasteiger partial charge in [-0.05, 0) is 67.2 Å². The van der Waals surface area contributed by atoms with Crippen molar-refractivity contribution in [1.29, 1.82) is 0 Å². The predicted molar refractivity (Wildman–Crippen MR) is 203 cm³/mol. The number of nitrogens with zero attached hydrogens (tertiary/aromatic N) is 3. The minimum atomic E-state index is -2.65. The van der Waals surface area contributed by atoms with Crippen molar-refractivity contribution in [2.75, 3.05) is 0 Å². The first-order valence-corrected chi connectivity index (χ1v) is 15.7. The third-order valence-electron chi connectivity index (χ3n) is 8.34. The molecule has 0 fully saturated rings. The molecule has 0 saturated heterocycles. The average Bonchev–Trinajstić information content (AvgIpc) is 3.85. The van der Waals surface area contributed by atoms with E-state index >= 15 is 0 Å². The van der Waals surface area contributed by atoms with Gasteiger partial charge in [-0.25, -0.2) is 4.98 Å². The van der Waals surface area contributed by atoms with E-state index in [9.17, 15) is 0 Å². The van der Waals surface area contributed by atoms with Crippen molar-refractivity contribution in [1.82, 2.24) is 9.97 Å². The maximum Gasteiger partial charge on any atom is 3.00 e. The molecule has 9 rings (SSSR count). The molecular formula is C45H34IrN3O2. The van der Waals surface area contributed by atoms with Crippen molar-refractivity contribution < 1.29 is 45.4 Å². The molecule has 8 aromatic rings. The normalized spacial score (nSPS) is 18.2. The van der Waals surface area contributed by atoms with Gasteiger partial charge in [0.05, 0.1) is 5.58 Å². The Morgan fingerprint density at radius 1 is 0.765 bits per heavy atom. The molecule has 0 amide bonds. The summed E-state index contributed by atoms with van der Waals surface area (Å²) in [6.07, 6.45) is 5.63. The zero-order valence-corrected chi connectivity index (χ0v) is 29.1. The molecule has 0 bridgehead atoms. The van der Waals surface area contributed by atoms with Gasteiger partial charge < -0.3 is 19.1 Å². The van der Waals surface area contributed by atoms with Crippen LogP contribution in [-0.4, -0.2) is 9.97 Å². The molecule has 1 atom stereocenters. The fourth-order valence-electron chi connectivity index (χ4n) is 5.78. The number of rotatable bonds is 4. The smallest absolute Gasteiger partial charge is 0.683 e. The predicted octanol–water partition coefficient (Wildman–Crippen LogP) is 12.2. The summed E-state index contributed by atoms with van der Waals surface area (Å²) < 4.78 is 103. The van der Waals surface area contributed by atoms with Crippen LogP contribution in [0.5, 0.6) is 0 Å². The molecule has 1 aliphatic heterocycles. The molecule has 250 valence electrons. The molecule has 0 aliphatic carbocycles. The maximum atomic E-state index is 7.93. The molecule has 51 heavy (non-hydrogen) atoms. The summed E-state index contributed by atoms with van der Waals surface area (Å²) >= 11 is 0. The summed E-state index contributed by atoms with van der Waals surface area (Å²) in [7, 11) is 0. The molecular weight excluding hydrogens is 807 g/mol. The average molecular weight is 853 g/mol. The first-order chi connectivity index (χ1) is 29.3. The molecule has 5 aromatic carbocycles. The zero-order valence-electron chi connectivity index (χ0n) is 38.7. The quantitative estimate of drug-likeness (QED) is 0.165. The first kappa shape index (κ1) is 22.3. The number of furan rings is 1. The Kier molecular flexibility index (Phi) is 6.28. The topological polar surface area (TPSA) is 66.2 Å². The van der Waals surface area contributed by atoms with Gasteiger partial charge in [0, 0.05) is 33.6 Å². The van der Waals surface area contributed by atoms with Gasteiger partial charge in [-0.1, -0.05) is 95.7 Å². The van der Waals surface area contributed by atoms with Crippen LogP contribution in [0.3, 0.4) is 0 Å². The van der Waals surface area contributed by atoms with Crippen LogP contribution in [0.1, 0.15) is 51.6 Å². The fraction of sp³-hybridized carbons (Fsp3) is 0.111. The van der Waals surface area contributed by atoms with E-state index in [1.165, 1.54) is 30.5 Å². The number of fused-ring (bicyclic) bond motifs is 5. The number of benzene rings is 5. The Balaban J connectivity index is 0.000000239. The Labute approximate surface area is 328 Å². The summed E-state index contributed by atoms with van der Waals surface area (Å²) in [5.74, 6) is 0.452. The van der Waals surface area contributed by atoms with Crippen LogP contribution in [0.25, 0.3) is 72.2 Å². The second-order valence-electron chi connectivity index (χ2n) is 11.6. The van der Waals surface area contributed by atoms with Crippen molar-refractivity contribution in [3.8, 4) is 33.8 Å². The van der Waals surface area contributed by atoms with Crippen molar-refractivity contribution in [2.45, 2.75) is 33.4 Å². The van der Waals surface area contributed by atoms with Gasteiger partial charge in [-0.3, -0.25) is 0 Å². The summed E-state index contributed by atoms with van der Waals surface area (Å²) in [5.41, 5.74) is 6.25. The van der Waals surface area contributed by atoms with Crippen LogP contribution in [0.4, 0.5) is 0 Å². The van der Waals surface area contributed by atoms with Crippen molar-refractivity contribution >= 4 is 33.0 Å². The Hall–Kier alpha value is -5.55. The van der Waals surface area contributed by atoms with E-state index in [4.69, 9.17) is 30.3 Å². The minimum Gasteiger partial charge on any atom is -0.683 e. The number of allylic oxidation sites excluding steroid dienone is 2. The number of aryl methyl sites for hydroxylation is 3. The summed E-state index contributed by atoms with van der Waals surface area (Å²) in [4.78, 5) is 9.08. The molecule has 0 N–H and O–H groups in total. The molecule has 0 spiro atoms. The molecule has 4 heterocycles. The van der Waals surface area contributed by atoms with Crippen LogP contribution >= 0.6 is 0 Å². The molecule has 3 aromatic heterocycles. The number of hydrogen-bond donors (Lipinski definition) is 0. The van der Waals surface area contributed by atoms with E-state index in [1.54, 1.807) is 18.2 Å². The van der Waals surface area contributed by atoms with Gasteiger partial charge in [-0.2, -0.15) is 41.6 Å². The van der Waals surface area contributed by atoms with Gasteiger partial charge in [0.1, 0.15) is 0 Å². The summed E-state index contributed by atoms with van der Waals surface area (Å²) in [5, 5.41) is 5.71. The summed E-state index contributed by atoms with van der Waals surface area (Å²) in [6.45, 7) is -9.59. The van der Waals surface area contributed by atoms with Gasteiger partial charge >= 0.3 is 20.1 Å². The Bertz CT molecular complexity index is 2980. The van der Waals surface area contributed by atoms with Crippen LogP contribution in [-0.2, 0) is 20.1 Å². The van der Waals surface area contributed by atoms with E-state index in [2.05, 4.69) is 34.6 Å². The molecule has 5 nitrogen and oxygen atoms in total. The van der Waals surface area contributed by atoms with Gasteiger partial charge in [0.25, 0.3) is 0 Å². The first-order valence-electron chi connectivity index (χ1n) is 21.7. The zero-order chi connectivity index (χ0) is 44.2. The van der Waals surface area contributed by atoms with Crippen LogP contribution < -0.4 is 0 Å². The van der Waals surface area contributed by atoms with Gasteiger partial charge in [0.15, 0.2) is 16.7 Å². The monoisotopic (exact) mass is 853 g/mol. The molecule has 1 unspecified atom stereocenters. The van der Waals surface area contributed by atoms with Crippen molar-refractivity contribution in [3.63, 3.8) is 0 Å². The van der Waals surface area contributed by atoms with Crippen LogP contribution in [0.15, 0.2) is 142 Å². The standard InChI is InChI=1S/C32H21N2O2.C13H13N.Ir/c1-19-17-27(33-18-20(19)2)26-10-6-9-24-25-15-16-28-29(31(25)36-30(24)26)34-32(35-28)23-13-11-22(12-14-23)21-7-4-3-5-8-21;1-10-3-6-12(7-4-10)13-8-5-11(2)9-14-13;/h3-9,11-18H,1-2H3;3-6,8-9,13H,1-2H3;/q-1;-2;+3/i2*1D3,2D3;. The largest absolute Gasteiger partial charge is 3.00 e. The maximum absolute atomic E-state index is 7.93. The van der Waals surface area contributed by atoms with Gasteiger partial charge in [0.2, 0.25) is 5.89 Å². The molecule has 1 aliphatic rings. The number of hydrogen-bond acceptors (Lipinski definition) is 4. The SMILES string of the molecule is [2H]C([2H])([2H])C1=C[N-]C(c2[c-]cc(C([2H])([2H])[2H])cc2)C=C1.[2H]C([2H])([2H])c1cnc(-c2[c-]ccc3c2oc2c3ccc3oc(-c4ccc(-c5ccccc5)cc4)nc32)cc1C([2H])([2H])[2H].[Ir+3]. The fourth-order valence-corrected chi connectivity index (χ4v) is 5.78. The van der Waals surface area contributed by atoms with E-state index < -0.39 is 27.4 Å². The second-order valence-corrected chi connectivity index (χ2v) is 11.6. The Morgan fingerprint density at radius 3 is 2.33 bits per heavy atom. The molecule has 0 saturated carbocycles.